The molecule has 1 amide bonds. The number of rotatable bonds is 8. The highest BCUT2D eigenvalue weighted by Crippen LogP contribution is 2.28. The van der Waals surface area contributed by atoms with Crippen molar-refractivity contribution in [1.29, 1.82) is 0 Å². The average molecular weight is 345 g/mol. The molecule has 2 aromatic rings. The standard InChI is InChI=1S/C18H23N3O2S/c1-5-8-11-21-12-19-16-14(17(21)22)13(4)15(24-16)18(23)20(9-6-2)10-7-3/h6-7,12H,2-3,5,8-11H2,1,4H3. The largest absolute Gasteiger partial charge is 0.331 e. The van der Waals surface area contributed by atoms with Crippen molar-refractivity contribution in [3.05, 3.63) is 52.4 Å². The molecule has 0 unspecified atom stereocenters. The van der Waals surface area contributed by atoms with Gasteiger partial charge in [0.05, 0.1) is 16.6 Å². The number of thiophene rings is 1. The molecule has 5 nitrogen and oxygen atoms in total. The molecule has 0 atom stereocenters. The minimum Gasteiger partial charge on any atom is -0.331 e. The normalized spacial score (nSPS) is 10.8. The van der Waals surface area contributed by atoms with Gasteiger partial charge in [-0.15, -0.1) is 24.5 Å². The third kappa shape index (κ3) is 3.48. The lowest BCUT2D eigenvalue weighted by Crippen LogP contribution is -2.31. The Balaban J connectivity index is 2.49. The van der Waals surface area contributed by atoms with Crippen LogP contribution in [0.4, 0.5) is 0 Å². The lowest BCUT2D eigenvalue weighted by atomic mass is 10.2. The molecule has 128 valence electrons. The van der Waals surface area contributed by atoms with Gasteiger partial charge in [-0.25, -0.2) is 4.98 Å². The maximum atomic E-state index is 12.8. The first-order valence-electron chi connectivity index (χ1n) is 8.04. The van der Waals surface area contributed by atoms with Gasteiger partial charge >= 0.3 is 0 Å². The van der Waals surface area contributed by atoms with Crippen LogP contribution in [0.3, 0.4) is 0 Å². The van der Waals surface area contributed by atoms with Gasteiger partial charge in [-0.2, -0.15) is 0 Å². The van der Waals surface area contributed by atoms with Gasteiger partial charge < -0.3 is 4.90 Å². The molecule has 0 fully saturated rings. The van der Waals surface area contributed by atoms with Crippen molar-refractivity contribution >= 4 is 27.5 Å². The summed E-state index contributed by atoms with van der Waals surface area (Å²) in [6.45, 7) is 12.8. The molecular weight excluding hydrogens is 322 g/mol. The second-order valence-corrected chi connectivity index (χ2v) is 6.62. The highest BCUT2D eigenvalue weighted by Gasteiger charge is 2.22. The van der Waals surface area contributed by atoms with Gasteiger partial charge in [-0.1, -0.05) is 25.5 Å². The fraction of sp³-hybridized carbons (Fsp3) is 0.389. The Morgan fingerprint density at radius 1 is 1.38 bits per heavy atom. The number of carbonyl (C=O) groups excluding carboxylic acids is 1. The van der Waals surface area contributed by atoms with Gasteiger partial charge in [0.1, 0.15) is 4.83 Å². The van der Waals surface area contributed by atoms with Crippen molar-refractivity contribution in [2.75, 3.05) is 13.1 Å². The second-order valence-electron chi connectivity index (χ2n) is 5.62. The smallest absolute Gasteiger partial charge is 0.264 e. The van der Waals surface area contributed by atoms with Crippen LogP contribution in [-0.4, -0.2) is 33.4 Å². The van der Waals surface area contributed by atoms with Crippen LogP contribution >= 0.6 is 11.3 Å². The van der Waals surface area contributed by atoms with Crippen molar-refractivity contribution in [3.63, 3.8) is 0 Å². The van der Waals surface area contributed by atoms with E-state index in [4.69, 9.17) is 0 Å². The molecule has 2 aromatic heterocycles. The van der Waals surface area contributed by atoms with Crippen LogP contribution in [0.15, 0.2) is 36.4 Å². The molecule has 0 aromatic carbocycles. The first-order valence-corrected chi connectivity index (χ1v) is 8.86. The van der Waals surface area contributed by atoms with Gasteiger partial charge in [0, 0.05) is 19.6 Å². The van der Waals surface area contributed by atoms with E-state index < -0.39 is 0 Å². The molecule has 0 bridgehead atoms. The third-order valence-electron chi connectivity index (χ3n) is 3.85. The van der Waals surface area contributed by atoms with Crippen molar-refractivity contribution in [3.8, 4) is 0 Å². The summed E-state index contributed by atoms with van der Waals surface area (Å²) < 4.78 is 1.63. The Bertz CT molecular complexity index is 810. The summed E-state index contributed by atoms with van der Waals surface area (Å²) in [6, 6.07) is 0. The summed E-state index contributed by atoms with van der Waals surface area (Å²) >= 11 is 1.27. The van der Waals surface area contributed by atoms with Gasteiger partial charge in [0.15, 0.2) is 0 Å². The molecule has 6 heteroatoms. The first-order chi connectivity index (χ1) is 11.5. The second kappa shape index (κ2) is 8.06. The number of aromatic nitrogens is 2. The number of fused-ring (bicyclic) bond motifs is 1. The van der Waals surface area contributed by atoms with E-state index in [0.29, 0.717) is 40.3 Å². The fourth-order valence-corrected chi connectivity index (χ4v) is 3.65. The van der Waals surface area contributed by atoms with Gasteiger partial charge in [-0.05, 0) is 18.9 Å². The van der Waals surface area contributed by atoms with Crippen LogP contribution in [-0.2, 0) is 6.54 Å². The summed E-state index contributed by atoms with van der Waals surface area (Å²) in [6.07, 6.45) is 6.87. The van der Waals surface area contributed by atoms with Crippen LogP contribution in [0.5, 0.6) is 0 Å². The Morgan fingerprint density at radius 2 is 2.04 bits per heavy atom. The first kappa shape index (κ1) is 18.1. The summed E-state index contributed by atoms with van der Waals surface area (Å²) in [5, 5.41) is 0.555. The van der Waals surface area contributed by atoms with Crippen molar-refractivity contribution in [1.82, 2.24) is 14.5 Å². The quantitative estimate of drug-likeness (QED) is 0.689. The molecule has 2 rings (SSSR count). The SMILES string of the molecule is C=CCN(CC=C)C(=O)c1sc2ncn(CCCC)c(=O)c2c1C. The van der Waals surface area contributed by atoms with Crippen LogP contribution in [0.1, 0.15) is 35.0 Å². The van der Waals surface area contributed by atoms with Crippen LogP contribution < -0.4 is 5.56 Å². The Hall–Kier alpha value is -2.21. The number of nitrogens with zero attached hydrogens (tertiary/aromatic N) is 3. The van der Waals surface area contributed by atoms with Crippen molar-refractivity contribution < 1.29 is 4.79 Å². The highest BCUT2D eigenvalue weighted by atomic mass is 32.1. The van der Waals surface area contributed by atoms with E-state index in [0.717, 1.165) is 12.8 Å². The van der Waals surface area contributed by atoms with Gasteiger partial charge in [0.2, 0.25) is 0 Å². The highest BCUT2D eigenvalue weighted by molar-refractivity contribution is 7.20. The molecule has 0 saturated carbocycles. The zero-order chi connectivity index (χ0) is 17.7. The number of amides is 1. The topological polar surface area (TPSA) is 55.2 Å². The van der Waals surface area contributed by atoms with E-state index in [9.17, 15) is 9.59 Å². The number of unbranched alkanes of at least 4 members (excludes halogenated alkanes) is 1. The maximum absolute atomic E-state index is 12.8. The molecule has 2 heterocycles. The van der Waals surface area contributed by atoms with E-state index in [1.54, 1.807) is 27.9 Å². The fourth-order valence-electron chi connectivity index (χ4n) is 2.55. The zero-order valence-corrected chi connectivity index (χ0v) is 15.1. The number of hydrogen-bond acceptors (Lipinski definition) is 4. The molecule has 0 N–H and O–H groups in total. The predicted molar refractivity (Wildman–Crippen MR) is 99.8 cm³/mol. The van der Waals surface area contributed by atoms with Crippen LogP contribution in [0.2, 0.25) is 0 Å². The molecule has 0 radical (unpaired) electrons. The van der Waals surface area contributed by atoms with Gasteiger partial charge in [-0.3, -0.25) is 14.2 Å². The minimum absolute atomic E-state index is 0.0692. The summed E-state index contributed by atoms with van der Waals surface area (Å²) in [5.41, 5.74) is 0.640. The predicted octanol–water partition coefficient (Wildman–Crippen LogP) is 3.38. The minimum atomic E-state index is -0.116. The van der Waals surface area contributed by atoms with E-state index in [-0.39, 0.29) is 11.5 Å². The summed E-state index contributed by atoms with van der Waals surface area (Å²) in [5.74, 6) is -0.116. The van der Waals surface area contributed by atoms with E-state index in [2.05, 4.69) is 25.1 Å². The third-order valence-corrected chi connectivity index (χ3v) is 5.04. The summed E-state index contributed by atoms with van der Waals surface area (Å²) in [4.78, 5) is 32.7. The molecule has 0 aliphatic rings. The molecule has 0 saturated heterocycles. The number of hydrogen-bond donors (Lipinski definition) is 0. The van der Waals surface area contributed by atoms with E-state index in [1.165, 1.54) is 11.3 Å². The van der Waals surface area contributed by atoms with Crippen molar-refractivity contribution in [2.45, 2.75) is 33.2 Å². The lowest BCUT2D eigenvalue weighted by molar-refractivity contribution is 0.0795. The lowest BCUT2D eigenvalue weighted by Gasteiger charge is -2.18. The number of carbonyl (C=O) groups is 1. The molecular formula is C18H23N3O2S. The molecule has 0 aliphatic heterocycles. The van der Waals surface area contributed by atoms with Crippen molar-refractivity contribution in [2.24, 2.45) is 0 Å². The van der Waals surface area contributed by atoms with E-state index >= 15 is 0 Å². The monoisotopic (exact) mass is 345 g/mol. The molecule has 0 aliphatic carbocycles. The Labute approximate surface area is 145 Å². The molecule has 24 heavy (non-hydrogen) atoms. The van der Waals surface area contributed by atoms with E-state index in [1.807, 2.05) is 6.92 Å². The van der Waals surface area contributed by atoms with Crippen LogP contribution in [0.25, 0.3) is 10.2 Å². The van der Waals surface area contributed by atoms with Gasteiger partial charge in [0.25, 0.3) is 11.5 Å². The summed E-state index contributed by atoms with van der Waals surface area (Å²) in [7, 11) is 0. The Kier molecular flexibility index (Phi) is 6.09. The van der Waals surface area contributed by atoms with Crippen LogP contribution in [0, 0.1) is 6.92 Å². The number of aryl methyl sites for hydroxylation is 2. The maximum Gasteiger partial charge on any atom is 0.264 e. The molecule has 0 spiro atoms. The zero-order valence-electron chi connectivity index (χ0n) is 14.2. The Morgan fingerprint density at radius 3 is 2.62 bits per heavy atom. The average Bonchev–Trinajstić information content (AvgIpc) is 2.91.